The Morgan fingerprint density at radius 2 is 1.62 bits per heavy atom. The molecule has 0 saturated heterocycles. The normalized spacial score (nSPS) is 31.3. The summed E-state index contributed by atoms with van der Waals surface area (Å²) < 4.78 is 16.9. The van der Waals surface area contributed by atoms with Crippen molar-refractivity contribution in [3.05, 3.63) is 0 Å². The van der Waals surface area contributed by atoms with Crippen LogP contribution in [0.5, 0.6) is 0 Å². The van der Waals surface area contributed by atoms with Crippen molar-refractivity contribution in [2.75, 3.05) is 6.61 Å². The van der Waals surface area contributed by atoms with Gasteiger partial charge in [-0.05, 0) is 60.3 Å². The highest BCUT2D eigenvalue weighted by atomic mass is 16.7. The molecule has 0 spiro atoms. The maximum Gasteiger partial charge on any atom is 0.408 e. The topological polar surface area (TPSA) is 85.9 Å². The summed E-state index contributed by atoms with van der Waals surface area (Å²) in [4.78, 5) is 24.2. The lowest BCUT2D eigenvalue weighted by molar-refractivity contribution is -0.289. The molecule has 0 aromatic heterocycles. The van der Waals surface area contributed by atoms with Crippen molar-refractivity contribution in [2.24, 2.45) is 0 Å². The molecule has 0 atom stereocenters. The van der Waals surface area contributed by atoms with Gasteiger partial charge in [0, 0.05) is 18.4 Å². The molecule has 4 saturated carbocycles. The molecule has 0 radical (unpaired) electrons. The lowest BCUT2D eigenvalue weighted by atomic mass is 9.44. The van der Waals surface area contributed by atoms with Gasteiger partial charge in [-0.3, -0.25) is 4.79 Å². The van der Waals surface area contributed by atoms with Gasteiger partial charge in [0.25, 0.3) is 0 Å². The molecular weight excluding hydrogens is 336 g/mol. The van der Waals surface area contributed by atoms with Gasteiger partial charge in [-0.15, -0.1) is 0 Å². The first-order chi connectivity index (χ1) is 11.9. The Bertz CT molecular complexity index is 557. The molecule has 4 aliphatic rings. The van der Waals surface area contributed by atoms with Gasteiger partial charge in [-0.2, -0.15) is 0 Å². The number of rotatable bonds is 7. The van der Waals surface area contributed by atoms with Crippen LogP contribution in [0, 0.1) is 0 Å². The number of alkyl carbamates (subject to hydrolysis) is 1. The van der Waals surface area contributed by atoms with Gasteiger partial charge in [0.2, 0.25) is 5.91 Å². The largest absolute Gasteiger partial charge is 0.444 e. The predicted molar refractivity (Wildman–Crippen MR) is 95.6 cm³/mol. The molecule has 4 aliphatic carbocycles. The lowest BCUT2D eigenvalue weighted by Gasteiger charge is -2.70. The van der Waals surface area contributed by atoms with Crippen LogP contribution in [0.25, 0.3) is 0 Å². The first kappa shape index (κ1) is 19.4. The highest BCUT2D eigenvalue weighted by Crippen LogP contribution is 2.60. The lowest BCUT2D eigenvalue weighted by Crippen LogP contribution is -2.84. The molecule has 7 nitrogen and oxygen atoms in total. The van der Waals surface area contributed by atoms with Gasteiger partial charge < -0.3 is 24.8 Å². The summed E-state index contributed by atoms with van der Waals surface area (Å²) in [6.45, 7) is 9.49. The summed E-state index contributed by atoms with van der Waals surface area (Å²) in [5.74, 6) is -0.695. The van der Waals surface area contributed by atoms with Crippen LogP contribution >= 0.6 is 0 Å². The zero-order valence-corrected chi connectivity index (χ0v) is 16.6. The third kappa shape index (κ3) is 4.14. The van der Waals surface area contributed by atoms with Gasteiger partial charge in [-0.1, -0.05) is 0 Å². The molecule has 2 amide bonds. The summed E-state index contributed by atoms with van der Waals surface area (Å²) in [6.07, 6.45) is 4.68. The van der Waals surface area contributed by atoms with Gasteiger partial charge >= 0.3 is 6.09 Å². The summed E-state index contributed by atoms with van der Waals surface area (Å²) in [5.41, 5.74) is -0.917. The second-order valence-corrected chi connectivity index (χ2v) is 9.49. The number of carbonyl (C=O) groups is 2. The number of hydrogen-bond donors (Lipinski definition) is 2. The average molecular weight is 368 g/mol. The molecule has 7 heteroatoms. The molecule has 2 bridgehead atoms. The molecule has 26 heavy (non-hydrogen) atoms. The van der Waals surface area contributed by atoms with Crippen molar-refractivity contribution in [1.82, 2.24) is 10.6 Å². The van der Waals surface area contributed by atoms with Crippen LogP contribution in [-0.2, 0) is 19.0 Å². The van der Waals surface area contributed by atoms with Crippen LogP contribution in [0.2, 0.25) is 0 Å². The first-order valence-corrected chi connectivity index (χ1v) is 9.59. The Hall–Kier alpha value is -1.34. The number of amides is 2. The first-order valence-electron chi connectivity index (χ1n) is 9.59. The van der Waals surface area contributed by atoms with E-state index in [4.69, 9.17) is 14.2 Å². The van der Waals surface area contributed by atoms with E-state index in [0.717, 1.165) is 38.5 Å². The van der Waals surface area contributed by atoms with Crippen molar-refractivity contribution >= 4 is 12.0 Å². The Morgan fingerprint density at radius 1 is 1.04 bits per heavy atom. The molecule has 0 aliphatic heterocycles. The van der Waals surface area contributed by atoms with Crippen molar-refractivity contribution in [1.29, 1.82) is 0 Å². The number of nitrogens with one attached hydrogen (secondary N) is 2. The number of hydrogen-bond acceptors (Lipinski definition) is 5. The molecule has 0 aromatic carbocycles. The molecule has 4 fully saturated rings. The van der Waals surface area contributed by atoms with Gasteiger partial charge in [0.1, 0.15) is 12.2 Å². The van der Waals surface area contributed by atoms with Crippen LogP contribution in [0.1, 0.15) is 73.1 Å². The van der Waals surface area contributed by atoms with Gasteiger partial charge in [0.15, 0.2) is 5.79 Å². The van der Waals surface area contributed by atoms with Gasteiger partial charge in [0.05, 0.1) is 11.6 Å². The zero-order chi connectivity index (χ0) is 19.2. The Morgan fingerprint density at radius 3 is 2.08 bits per heavy atom. The molecule has 0 heterocycles. The fourth-order valence-corrected chi connectivity index (χ4v) is 4.29. The quantitative estimate of drug-likeness (QED) is 0.675. The number of ether oxygens (including phenoxy) is 3. The predicted octanol–water partition coefficient (Wildman–Crippen LogP) is 2.62. The van der Waals surface area contributed by atoms with E-state index >= 15 is 0 Å². The highest BCUT2D eigenvalue weighted by Gasteiger charge is 2.69. The molecule has 148 valence electrons. The fourth-order valence-electron chi connectivity index (χ4n) is 4.29. The van der Waals surface area contributed by atoms with E-state index in [1.54, 1.807) is 0 Å². The van der Waals surface area contributed by atoms with E-state index in [1.165, 1.54) is 0 Å². The van der Waals surface area contributed by atoms with Crippen LogP contribution in [0.3, 0.4) is 0 Å². The van der Waals surface area contributed by atoms with Crippen molar-refractivity contribution in [3.63, 3.8) is 0 Å². The van der Waals surface area contributed by atoms with Crippen LogP contribution in [0.15, 0.2) is 0 Å². The number of carbonyl (C=O) groups excluding carboxylic acids is 2. The molecule has 4 rings (SSSR count). The van der Waals surface area contributed by atoms with Crippen LogP contribution in [0.4, 0.5) is 4.79 Å². The minimum atomic E-state index is -0.579. The maximum atomic E-state index is 12.3. The van der Waals surface area contributed by atoms with E-state index < -0.39 is 17.5 Å². The molecule has 2 N–H and O–H groups in total. The van der Waals surface area contributed by atoms with E-state index in [-0.39, 0.29) is 29.7 Å². The summed E-state index contributed by atoms with van der Waals surface area (Å²) in [6, 6.07) is 0. The third-order valence-corrected chi connectivity index (χ3v) is 5.23. The third-order valence-electron chi connectivity index (χ3n) is 5.23. The fraction of sp³-hybridized carbons (Fsp3) is 0.895. The Kier molecular flexibility index (Phi) is 4.76. The van der Waals surface area contributed by atoms with E-state index in [1.807, 2.05) is 34.6 Å². The van der Waals surface area contributed by atoms with Crippen LogP contribution < -0.4 is 10.6 Å². The molecule has 0 unspecified atom stereocenters. The standard InChI is InChI=1S/C19H32N2O5/c1-13(2)25-19(7-6-8-19)24-9-14(22)20-17-10-18(11-17,12-17)21-15(23)26-16(3,4)5/h13H,6-12H2,1-5H3,(H,20,22)(H,21,23). The van der Waals surface area contributed by atoms with E-state index in [2.05, 4.69) is 10.6 Å². The highest BCUT2D eigenvalue weighted by molar-refractivity contribution is 5.79. The monoisotopic (exact) mass is 368 g/mol. The minimum Gasteiger partial charge on any atom is -0.444 e. The Labute approximate surface area is 155 Å². The summed E-state index contributed by atoms with van der Waals surface area (Å²) in [7, 11) is 0. The second kappa shape index (κ2) is 6.37. The summed E-state index contributed by atoms with van der Waals surface area (Å²) >= 11 is 0. The Balaban J connectivity index is 1.38. The molecular formula is C19H32N2O5. The smallest absolute Gasteiger partial charge is 0.408 e. The van der Waals surface area contributed by atoms with Crippen molar-refractivity contribution < 1.29 is 23.8 Å². The average Bonchev–Trinajstić information content (AvgIpc) is 2.35. The van der Waals surface area contributed by atoms with Gasteiger partial charge in [-0.25, -0.2) is 4.79 Å². The zero-order valence-electron chi connectivity index (χ0n) is 16.6. The van der Waals surface area contributed by atoms with E-state index in [0.29, 0.717) is 0 Å². The van der Waals surface area contributed by atoms with E-state index in [9.17, 15) is 9.59 Å². The maximum absolute atomic E-state index is 12.3. The van der Waals surface area contributed by atoms with Crippen molar-refractivity contribution in [3.8, 4) is 0 Å². The molecule has 0 aromatic rings. The SMILES string of the molecule is CC(C)OC1(OCC(=O)NC23CC(NC(=O)OC(C)(C)C)(C2)C3)CCC1. The second-order valence-electron chi connectivity index (χ2n) is 9.49. The van der Waals surface area contributed by atoms with Crippen LogP contribution in [-0.4, -0.2) is 47.2 Å². The minimum absolute atomic E-state index is 0.0148. The van der Waals surface area contributed by atoms with Crippen molar-refractivity contribution in [2.45, 2.75) is 102 Å². The summed E-state index contributed by atoms with van der Waals surface area (Å²) in [5, 5.41) is 6.01.